The molecule has 0 aliphatic carbocycles. The molecule has 0 aromatic carbocycles. The second kappa shape index (κ2) is 11.8. The SMILES string of the molecule is CC[C@H](N)CO.CC[C@H](N)COC. The zero-order valence-corrected chi connectivity index (χ0v) is 8.99. The van der Waals surface area contributed by atoms with Gasteiger partial charge in [0.1, 0.15) is 0 Å². The maximum absolute atomic E-state index is 8.21. The molecule has 0 aliphatic heterocycles. The van der Waals surface area contributed by atoms with Gasteiger partial charge in [-0.3, -0.25) is 0 Å². The van der Waals surface area contributed by atoms with Crippen molar-refractivity contribution in [2.45, 2.75) is 38.8 Å². The van der Waals surface area contributed by atoms with Gasteiger partial charge in [-0.25, -0.2) is 0 Å². The molecule has 13 heavy (non-hydrogen) atoms. The lowest BCUT2D eigenvalue weighted by atomic mass is 10.3. The average Bonchev–Trinajstić information content (AvgIpc) is 2.18. The van der Waals surface area contributed by atoms with E-state index < -0.39 is 0 Å². The molecule has 0 saturated carbocycles. The second-order valence-corrected chi connectivity index (χ2v) is 2.97. The highest BCUT2D eigenvalue weighted by Gasteiger charge is 1.93. The van der Waals surface area contributed by atoms with E-state index in [2.05, 4.69) is 0 Å². The van der Waals surface area contributed by atoms with Gasteiger partial charge in [0, 0.05) is 19.2 Å². The van der Waals surface area contributed by atoms with Gasteiger partial charge in [0.2, 0.25) is 0 Å². The van der Waals surface area contributed by atoms with Gasteiger partial charge < -0.3 is 21.3 Å². The highest BCUT2D eigenvalue weighted by molar-refractivity contribution is 4.53. The van der Waals surface area contributed by atoms with Crippen LogP contribution in [0, 0.1) is 0 Å². The Morgan fingerprint density at radius 2 is 1.62 bits per heavy atom. The first-order valence-electron chi connectivity index (χ1n) is 4.73. The molecule has 0 radical (unpaired) electrons. The van der Waals surface area contributed by atoms with E-state index in [9.17, 15) is 0 Å². The van der Waals surface area contributed by atoms with Crippen LogP contribution in [0.5, 0.6) is 0 Å². The van der Waals surface area contributed by atoms with Crippen molar-refractivity contribution in [2.24, 2.45) is 11.5 Å². The van der Waals surface area contributed by atoms with Crippen molar-refractivity contribution in [1.82, 2.24) is 0 Å². The third kappa shape index (κ3) is 14.7. The number of ether oxygens (including phenoxy) is 1. The van der Waals surface area contributed by atoms with E-state index in [0.29, 0.717) is 6.61 Å². The Hall–Kier alpha value is -0.160. The quantitative estimate of drug-likeness (QED) is 0.576. The van der Waals surface area contributed by atoms with Gasteiger partial charge >= 0.3 is 0 Å². The Morgan fingerprint density at radius 1 is 1.15 bits per heavy atom. The van der Waals surface area contributed by atoms with Gasteiger partial charge in [-0.05, 0) is 12.8 Å². The Morgan fingerprint density at radius 3 is 1.69 bits per heavy atom. The third-order valence-corrected chi connectivity index (χ3v) is 1.66. The topological polar surface area (TPSA) is 81.5 Å². The Labute approximate surface area is 81.3 Å². The number of rotatable bonds is 5. The number of nitrogens with two attached hydrogens (primary N) is 2. The zero-order valence-electron chi connectivity index (χ0n) is 8.99. The van der Waals surface area contributed by atoms with Crippen LogP contribution in [0.3, 0.4) is 0 Å². The molecule has 0 aliphatic rings. The molecule has 0 amide bonds. The van der Waals surface area contributed by atoms with Gasteiger partial charge in [-0.1, -0.05) is 13.8 Å². The normalized spacial score (nSPS) is 14.3. The van der Waals surface area contributed by atoms with Crippen molar-refractivity contribution >= 4 is 0 Å². The van der Waals surface area contributed by atoms with E-state index in [1.807, 2.05) is 13.8 Å². The van der Waals surface area contributed by atoms with Crippen LogP contribution in [-0.4, -0.2) is 37.5 Å². The predicted octanol–water partition coefficient (Wildman–Crippen LogP) is 0.0861. The van der Waals surface area contributed by atoms with Crippen LogP contribution in [0.15, 0.2) is 0 Å². The summed E-state index contributed by atoms with van der Waals surface area (Å²) in [6.07, 6.45) is 1.85. The lowest BCUT2D eigenvalue weighted by molar-refractivity contribution is 0.179. The van der Waals surface area contributed by atoms with Gasteiger partial charge in [-0.15, -0.1) is 0 Å². The first kappa shape index (κ1) is 15.3. The fraction of sp³-hybridized carbons (Fsp3) is 1.00. The summed E-state index contributed by atoms with van der Waals surface area (Å²) in [5, 5.41) is 8.21. The first-order valence-corrected chi connectivity index (χ1v) is 4.73. The summed E-state index contributed by atoms with van der Waals surface area (Å²) in [6.45, 7) is 4.78. The minimum Gasteiger partial charge on any atom is -0.395 e. The highest BCUT2D eigenvalue weighted by Crippen LogP contribution is 1.83. The van der Waals surface area contributed by atoms with Crippen LogP contribution in [0.25, 0.3) is 0 Å². The molecule has 82 valence electrons. The third-order valence-electron chi connectivity index (χ3n) is 1.66. The van der Waals surface area contributed by atoms with Crippen molar-refractivity contribution in [2.75, 3.05) is 20.3 Å². The van der Waals surface area contributed by atoms with E-state index in [-0.39, 0.29) is 18.7 Å². The molecule has 4 nitrogen and oxygen atoms in total. The van der Waals surface area contributed by atoms with E-state index in [4.69, 9.17) is 21.3 Å². The lowest BCUT2D eigenvalue weighted by Crippen LogP contribution is -2.23. The molecule has 0 spiro atoms. The summed E-state index contributed by atoms with van der Waals surface area (Å²) < 4.78 is 4.77. The number of aliphatic hydroxyl groups excluding tert-OH is 1. The Balaban J connectivity index is 0. The fourth-order valence-corrected chi connectivity index (χ4v) is 0.461. The van der Waals surface area contributed by atoms with Crippen molar-refractivity contribution < 1.29 is 9.84 Å². The molecule has 0 aromatic rings. The number of hydrogen-bond acceptors (Lipinski definition) is 4. The predicted molar refractivity (Wildman–Crippen MR) is 55.5 cm³/mol. The molecule has 0 fully saturated rings. The van der Waals surface area contributed by atoms with Crippen LogP contribution in [0.4, 0.5) is 0 Å². The highest BCUT2D eigenvalue weighted by atomic mass is 16.5. The van der Waals surface area contributed by atoms with Gasteiger partial charge in [0.15, 0.2) is 0 Å². The van der Waals surface area contributed by atoms with E-state index in [0.717, 1.165) is 12.8 Å². The summed E-state index contributed by atoms with van der Waals surface area (Å²) in [5.74, 6) is 0. The number of methoxy groups -OCH3 is 1. The standard InChI is InChI=1S/C5H13NO.C4H11NO/c1-3-5(6)4-7-2;1-2-4(5)3-6/h5H,3-4,6H2,1-2H3;4,6H,2-3,5H2,1H3/t5-;4-/m00/s1. The minimum absolute atomic E-state index is 0.00926. The summed E-state index contributed by atoms with van der Waals surface area (Å²) in [4.78, 5) is 0. The second-order valence-electron chi connectivity index (χ2n) is 2.97. The van der Waals surface area contributed by atoms with Crippen LogP contribution in [-0.2, 0) is 4.74 Å². The zero-order chi connectivity index (χ0) is 10.7. The monoisotopic (exact) mass is 192 g/mol. The Kier molecular flexibility index (Phi) is 14.0. The number of aliphatic hydroxyl groups is 1. The summed E-state index contributed by atoms with van der Waals surface area (Å²) >= 11 is 0. The van der Waals surface area contributed by atoms with Crippen LogP contribution < -0.4 is 11.5 Å². The maximum atomic E-state index is 8.21. The van der Waals surface area contributed by atoms with Crippen LogP contribution >= 0.6 is 0 Å². The van der Waals surface area contributed by atoms with Gasteiger partial charge in [0.05, 0.1) is 13.2 Å². The van der Waals surface area contributed by atoms with E-state index in [1.54, 1.807) is 7.11 Å². The Bertz CT molecular complexity index is 87.7. The van der Waals surface area contributed by atoms with Crippen molar-refractivity contribution in [3.63, 3.8) is 0 Å². The van der Waals surface area contributed by atoms with E-state index in [1.165, 1.54) is 0 Å². The molecular weight excluding hydrogens is 168 g/mol. The molecule has 0 unspecified atom stereocenters. The molecule has 2 atom stereocenters. The summed E-state index contributed by atoms with van der Waals surface area (Å²) in [5.41, 5.74) is 10.7. The smallest absolute Gasteiger partial charge is 0.0613 e. The minimum atomic E-state index is -0.00926. The van der Waals surface area contributed by atoms with Crippen molar-refractivity contribution in [3.05, 3.63) is 0 Å². The largest absolute Gasteiger partial charge is 0.395 e. The van der Waals surface area contributed by atoms with Gasteiger partial charge in [-0.2, -0.15) is 0 Å². The van der Waals surface area contributed by atoms with Crippen molar-refractivity contribution in [1.29, 1.82) is 0 Å². The average molecular weight is 192 g/mol. The van der Waals surface area contributed by atoms with Crippen LogP contribution in [0.2, 0.25) is 0 Å². The molecule has 0 heterocycles. The molecule has 0 saturated heterocycles. The maximum Gasteiger partial charge on any atom is 0.0613 e. The fourth-order valence-electron chi connectivity index (χ4n) is 0.461. The van der Waals surface area contributed by atoms with Crippen LogP contribution in [0.1, 0.15) is 26.7 Å². The van der Waals surface area contributed by atoms with Crippen molar-refractivity contribution in [3.8, 4) is 0 Å². The molecule has 4 heteroatoms. The van der Waals surface area contributed by atoms with Gasteiger partial charge in [0.25, 0.3) is 0 Å². The molecule has 0 aromatic heterocycles. The lowest BCUT2D eigenvalue weighted by Gasteiger charge is -2.03. The summed E-state index contributed by atoms with van der Waals surface area (Å²) in [6, 6.07) is 0.218. The molecular formula is C9H24N2O2. The molecule has 0 rings (SSSR count). The first-order chi connectivity index (χ1) is 6.12. The molecule has 5 N–H and O–H groups in total. The molecule has 0 bridgehead atoms. The van der Waals surface area contributed by atoms with E-state index >= 15 is 0 Å². The summed E-state index contributed by atoms with van der Waals surface area (Å²) in [7, 11) is 1.66. The number of hydrogen-bond donors (Lipinski definition) is 3.